The Hall–Kier alpha value is -1.35. The van der Waals surface area contributed by atoms with Crippen LogP contribution >= 0.6 is 0 Å². The van der Waals surface area contributed by atoms with Gasteiger partial charge in [0.15, 0.2) is 0 Å². The zero-order valence-corrected chi connectivity index (χ0v) is 8.90. The van der Waals surface area contributed by atoms with Crippen LogP contribution in [0.5, 0.6) is 0 Å². The van der Waals surface area contributed by atoms with E-state index in [4.69, 9.17) is 0 Å². The molecule has 1 aliphatic rings. The number of aliphatic imine (C=N–C) groups is 1. The van der Waals surface area contributed by atoms with Crippen molar-refractivity contribution >= 4 is 5.84 Å². The van der Waals surface area contributed by atoms with Gasteiger partial charge in [-0.05, 0) is 12.5 Å². The maximum Gasteiger partial charge on any atom is 0.0994 e. The minimum atomic E-state index is -0.450. The quantitative estimate of drug-likeness (QED) is 0.782. The molecule has 2 rings (SSSR count). The Labute approximate surface area is 89.9 Å². The predicted molar refractivity (Wildman–Crippen MR) is 61.1 cm³/mol. The van der Waals surface area contributed by atoms with Gasteiger partial charge in [-0.2, -0.15) is 0 Å². The van der Waals surface area contributed by atoms with Gasteiger partial charge in [-0.3, -0.25) is 4.99 Å². The fourth-order valence-corrected chi connectivity index (χ4v) is 1.76. The molecule has 3 nitrogen and oxygen atoms in total. The zero-order valence-electron chi connectivity index (χ0n) is 8.90. The van der Waals surface area contributed by atoms with E-state index in [1.165, 1.54) is 5.56 Å². The van der Waals surface area contributed by atoms with Gasteiger partial charge >= 0.3 is 0 Å². The van der Waals surface area contributed by atoms with Crippen molar-refractivity contribution in [2.75, 3.05) is 13.1 Å². The third kappa shape index (κ3) is 2.57. The Kier molecular flexibility index (Phi) is 3.02. The van der Waals surface area contributed by atoms with Crippen molar-refractivity contribution in [2.45, 2.75) is 19.4 Å². The van der Waals surface area contributed by atoms with Crippen LogP contribution < -0.4 is 5.32 Å². The lowest BCUT2D eigenvalue weighted by molar-refractivity contribution is 0.185. The van der Waals surface area contributed by atoms with E-state index in [1.807, 2.05) is 31.2 Å². The molecule has 3 heteroatoms. The summed E-state index contributed by atoms with van der Waals surface area (Å²) in [7, 11) is 0. The summed E-state index contributed by atoms with van der Waals surface area (Å²) < 4.78 is 0. The Balaban J connectivity index is 2.04. The standard InChI is InChI=1S/C12H16N2O/c1-9-3-2-4-10(7-9)11(15)8-12-13-5-6-14-12/h2-4,7,11,15H,5-6,8H2,1H3,(H,13,14). The summed E-state index contributed by atoms with van der Waals surface area (Å²) in [5, 5.41) is 13.1. The number of aryl methyl sites for hydroxylation is 1. The van der Waals surface area contributed by atoms with Crippen LogP contribution in [0.1, 0.15) is 23.7 Å². The number of rotatable bonds is 3. The first-order valence-electron chi connectivity index (χ1n) is 5.27. The van der Waals surface area contributed by atoms with Gasteiger partial charge < -0.3 is 10.4 Å². The van der Waals surface area contributed by atoms with E-state index in [9.17, 15) is 5.11 Å². The van der Waals surface area contributed by atoms with E-state index in [-0.39, 0.29) is 0 Å². The van der Waals surface area contributed by atoms with Gasteiger partial charge in [-0.1, -0.05) is 29.8 Å². The van der Waals surface area contributed by atoms with Crippen molar-refractivity contribution in [1.82, 2.24) is 5.32 Å². The molecule has 1 aromatic rings. The number of nitrogens with one attached hydrogen (secondary N) is 1. The molecular weight excluding hydrogens is 188 g/mol. The minimum Gasteiger partial charge on any atom is -0.388 e. The monoisotopic (exact) mass is 204 g/mol. The summed E-state index contributed by atoms with van der Waals surface area (Å²) in [5.41, 5.74) is 2.14. The first-order valence-corrected chi connectivity index (χ1v) is 5.27. The fourth-order valence-electron chi connectivity index (χ4n) is 1.76. The highest BCUT2D eigenvalue weighted by molar-refractivity contribution is 5.84. The van der Waals surface area contributed by atoms with Gasteiger partial charge in [0.1, 0.15) is 0 Å². The van der Waals surface area contributed by atoms with Gasteiger partial charge in [0, 0.05) is 13.0 Å². The molecule has 0 spiro atoms. The number of hydrogen-bond acceptors (Lipinski definition) is 3. The molecule has 0 bridgehead atoms. The highest BCUT2D eigenvalue weighted by atomic mass is 16.3. The molecule has 0 amide bonds. The van der Waals surface area contributed by atoms with Gasteiger partial charge in [-0.25, -0.2) is 0 Å². The second kappa shape index (κ2) is 4.45. The molecule has 0 radical (unpaired) electrons. The van der Waals surface area contributed by atoms with Gasteiger partial charge in [0.25, 0.3) is 0 Å². The zero-order chi connectivity index (χ0) is 10.7. The molecule has 0 saturated heterocycles. The molecule has 1 aromatic carbocycles. The van der Waals surface area contributed by atoms with E-state index < -0.39 is 6.10 Å². The molecule has 1 aliphatic heterocycles. The third-order valence-corrected chi connectivity index (χ3v) is 2.56. The van der Waals surface area contributed by atoms with Crippen LogP contribution in [0.3, 0.4) is 0 Å². The average Bonchev–Trinajstić information content (AvgIpc) is 2.70. The molecule has 2 N–H and O–H groups in total. The predicted octanol–water partition coefficient (Wildman–Crippen LogP) is 1.42. The van der Waals surface area contributed by atoms with Gasteiger partial charge in [-0.15, -0.1) is 0 Å². The van der Waals surface area contributed by atoms with E-state index >= 15 is 0 Å². The molecule has 15 heavy (non-hydrogen) atoms. The average molecular weight is 204 g/mol. The van der Waals surface area contributed by atoms with Crippen molar-refractivity contribution in [2.24, 2.45) is 4.99 Å². The van der Waals surface area contributed by atoms with E-state index in [1.54, 1.807) is 0 Å². The van der Waals surface area contributed by atoms with E-state index in [0.717, 1.165) is 24.5 Å². The van der Waals surface area contributed by atoms with Crippen molar-refractivity contribution in [3.05, 3.63) is 35.4 Å². The van der Waals surface area contributed by atoms with Gasteiger partial charge in [0.05, 0.1) is 18.5 Å². The van der Waals surface area contributed by atoms with E-state index in [2.05, 4.69) is 10.3 Å². The Morgan fingerprint density at radius 3 is 3.07 bits per heavy atom. The van der Waals surface area contributed by atoms with Crippen LogP contribution in [-0.4, -0.2) is 24.0 Å². The summed E-state index contributed by atoms with van der Waals surface area (Å²) in [4.78, 5) is 4.27. The number of aliphatic hydroxyl groups excluding tert-OH is 1. The molecular formula is C12H16N2O. The molecule has 1 heterocycles. The number of aliphatic hydroxyl groups is 1. The van der Waals surface area contributed by atoms with Crippen LogP contribution in [0.4, 0.5) is 0 Å². The molecule has 0 saturated carbocycles. The fraction of sp³-hybridized carbons (Fsp3) is 0.417. The highest BCUT2D eigenvalue weighted by Crippen LogP contribution is 2.18. The Morgan fingerprint density at radius 1 is 1.53 bits per heavy atom. The lowest BCUT2D eigenvalue weighted by atomic mass is 10.0. The van der Waals surface area contributed by atoms with Crippen molar-refractivity contribution in [3.63, 3.8) is 0 Å². The molecule has 0 aromatic heterocycles. The van der Waals surface area contributed by atoms with Crippen LogP contribution in [0.25, 0.3) is 0 Å². The topological polar surface area (TPSA) is 44.6 Å². The maximum absolute atomic E-state index is 9.98. The Morgan fingerprint density at radius 2 is 2.40 bits per heavy atom. The Bertz CT molecular complexity index is 374. The summed E-state index contributed by atoms with van der Waals surface area (Å²) in [6.07, 6.45) is 0.137. The summed E-state index contributed by atoms with van der Waals surface area (Å²) in [6, 6.07) is 7.96. The van der Waals surface area contributed by atoms with Crippen molar-refractivity contribution < 1.29 is 5.11 Å². The second-order valence-electron chi connectivity index (χ2n) is 3.89. The van der Waals surface area contributed by atoms with Crippen LogP contribution in [-0.2, 0) is 0 Å². The van der Waals surface area contributed by atoms with Crippen molar-refractivity contribution in [3.8, 4) is 0 Å². The van der Waals surface area contributed by atoms with Crippen LogP contribution in [0.15, 0.2) is 29.3 Å². The molecule has 0 aliphatic carbocycles. The summed E-state index contributed by atoms with van der Waals surface area (Å²) >= 11 is 0. The molecule has 0 fully saturated rings. The summed E-state index contributed by atoms with van der Waals surface area (Å²) in [6.45, 7) is 3.76. The lowest BCUT2D eigenvalue weighted by Crippen LogP contribution is -2.20. The van der Waals surface area contributed by atoms with Crippen LogP contribution in [0.2, 0.25) is 0 Å². The van der Waals surface area contributed by atoms with Crippen LogP contribution in [0, 0.1) is 6.92 Å². The second-order valence-corrected chi connectivity index (χ2v) is 3.89. The lowest BCUT2D eigenvalue weighted by Gasteiger charge is -2.11. The number of benzene rings is 1. The molecule has 1 unspecified atom stereocenters. The third-order valence-electron chi connectivity index (χ3n) is 2.56. The first kappa shape index (κ1) is 10.2. The maximum atomic E-state index is 9.98. The van der Waals surface area contributed by atoms with E-state index in [0.29, 0.717) is 6.42 Å². The number of nitrogens with zero attached hydrogens (tertiary/aromatic N) is 1. The summed E-state index contributed by atoms with van der Waals surface area (Å²) in [5.74, 6) is 0.920. The van der Waals surface area contributed by atoms with Crippen molar-refractivity contribution in [1.29, 1.82) is 0 Å². The molecule has 1 atom stereocenters. The SMILES string of the molecule is Cc1cccc(C(O)CC2=NCCN2)c1. The normalized spacial score (nSPS) is 17.1. The largest absolute Gasteiger partial charge is 0.388 e. The van der Waals surface area contributed by atoms with Gasteiger partial charge in [0.2, 0.25) is 0 Å². The molecule has 80 valence electrons. The number of amidine groups is 1. The first-order chi connectivity index (χ1) is 7.25. The number of hydrogen-bond donors (Lipinski definition) is 2. The smallest absolute Gasteiger partial charge is 0.0994 e. The highest BCUT2D eigenvalue weighted by Gasteiger charge is 2.13. The minimum absolute atomic E-state index is 0.450.